The molecule has 4 rings (SSSR count). The topological polar surface area (TPSA) is 128 Å². The molecule has 0 radical (unpaired) electrons. The van der Waals surface area contributed by atoms with Crippen LogP contribution in [0.2, 0.25) is 9.36 Å². The number of anilines is 3. The first-order valence-electron chi connectivity index (χ1n) is 10.6. The number of carbonyl (C=O) groups is 2. The van der Waals surface area contributed by atoms with Gasteiger partial charge in [0.2, 0.25) is 0 Å². The van der Waals surface area contributed by atoms with E-state index < -0.39 is 40.9 Å². The third-order valence-corrected chi connectivity index (χ3v) is 8.61. The number of sulfonamides is 1. The molecule has 0 fully saturated rings. The van der Waals surface area contributed by atoms with Crippen molar-refractivity contribution < 1.29 is 36.3 Å². The quantitative estimate of drug-likeness (QED) is 0.310. The lowest BCUT2D eigenvalue weighted by Gasteiger charge is -2.34. The Bertz CT molecular complexity index is 1510. The van der Waals surface area contributed by atoms with E-state index in [0.29, 0.717) is 5.56 Å². The summed E-state index contributed by atoms with van der Waals surface area (Å²) in [7, 11) is -4.16. The zero-order valence-electron chi connectivity index (χ0n) is 18.8. The van der Waals surface area contributed by atoms with E-state index in [2.05, 4.69) is 10.6 Å². The lowest BCUT2D eigenvalue weighted by Crippen LogP contribution is -2.46. The number of nitrogens with zero attached hydrogens (tertiary/aromatic N) is 1. The Morgan fingerprint density at radius 2 is 1.82 bits per heavy atom. The van der Waals surface area contributed by atoms with Crippen molar-refractivity contribution >= 4 is 73.6 Å². The Balaban J connectivity index is 1.48. The number of aliphatic hydroxyl groups excluding tert-OH is 1. The summed E-state index contributed by atoms with van der Waals surface area (Å²) in [6, 6.07) is 9.52. The number of halogens is 5. The van der Waals surface area contributed by atoms with Gasteiger partial charge < -0.3 is 15.7 Å². The molecule has 3 aromatic rings. The number of nitrogens with one attached hydrogen (secondary N) is 3. The van der Waals surface area contributed by atoms with E-state index in [1.807, 2.05) is 4.72 Å². The van der Waals surface area contributed by atoms with Crippen LogP contribution in [0, 0.1) is 0 Å². The van der Waals surface area contributed by atoms with Gasteiger partial charge in [-0.15, -0.1) is 11.3 Å². The van der Waals surface area contributed by atoms with Crippen molar-refractivity contribution in [3.63, 3.8) is 0 Å². The molecule has 2 aromatic carbocycles. The molecule has 1 aliphatic rings. The van der Waals surface area contributed by atoms with Crippen molar-refractivity contribution in [2.24, 2.45) is 0 Å². The molecular formula is C22H17Cl2F3N4O5S2. The number of fused-ring (bicyclic) bond motifs is 1. The number of benzene rings is 2. The van der Waals surface area contributed by atoms with Crippen LogP contribution in [0.3, 0.4) is 0 Å². The molecule has 0 saturated heterocycles. The highest BCUT2D eigenvalue weighted by Gasteiger charge is 2.34. The van der Waals surface area contributed by atoms with Gasteiger partial charge in [-0.05, 0) is 54.1 Å². The van der Waals surface area contributed by atoms with Crippen LogP contribution in [0.25, 0.3) is 0 Å². The maximum absolute atomic E-state index is 13.1. The average molecular weight is 609 g/mol. The van der Waals surface area contributed by atoms with Crippen molar-refractivity contribution in [1.29, 1.82) is 0 Å². The average Bonchev–Trinajstić information content (AvgIpc) is 3.25. The van der Waals surface area contributed by atoms with Gasteiger partial charge in [0.15, 0.2) is 0 Å². The van der Waals surface area contributed by atoms with Crippen LogP contribution in [0.5, 0.6) is 0 Å². The zero-order chi connectivity index (χ0) is 27.8. The number of hydrogen-bond acceptors (Lipinski definition) is 7. The second kappa shape index (κ2) is 10.6. The van der Waals surface area contributed by atoms with E-state index in [1.165, 1.54) is 48.5 Å². The van der Waals surface area contributed by atoms with Crippen molar-refractivity contribution in [3.8, 4) is 0 Å². The SMILES string of the molecule is O=C(Nc1ccc(N2C(=O)c3ccc(NCC(F)(F)F)cc3CC2O)c(Cl)c1)NS(=O)(=O)c1ccc(Cl)s1. The number of rotatable bonds is 6. The summed E-state index contributed by atoms with van der Waals surface area (Å²) in [4.78, 5) is 26.4. The Labute approximate surface area is 228 Å². The van der Waals surface area contributed by atoms with Crippen molar-refractivity contribution in [2.75, 3.05) is 22.1 Å². The standard InChI is InChI=1S/C22H17Cl2F3N4O5S2/c23-15-9-13(29-21(34)30-38(35,36)19-6-5-17(24)37-19)2-4-16(15)31-18(32)8-11-7-12(28-10-22(25,26)27)1-3-14(11)20(31)33/h1-7,9,18,28,32H,8,10H2,(H2,29,30,34). The molecular weight excluding hydrogens is 592 g/mol. The molecule has 0 saturated carbocycles. The minimum absolute atomic E-state index is 0.0463. The molecule has 0 aliphatic carbocycles. The number of alkyl halides is 3. The van der Waals surface area contributed by atoms with Crippen LogP contribution in [0.1, 0.15) is 15.9 Å². The van der Waals surface area contributed by atoms with E-state index >= 15 is 0 Å². The molecule has 1 aliphatic heterocycles. The Morgan fingerprint density at radius 1 is 1.11 bits per heavy atom. The normalized spacial score (nSPS) is 15.7. The molecule has 2 heterocycles. The van der Waals surface area contributed by atoms with Crippen molar-refractivity contribution in [1.82, 2.24) is 4.72 Å². The molecule has 1 unspecified atom stereocenters. The number of thiophene rings is 1. The van der Waals surface area contributed by atoms with Crippen molar-refractivity contribution in [2.45, 2.75) is 23.0 Å². The molecule has 38 heavy (non-hydrogen) atoms. The molecule has 3 amide bonds. The van der Waals surface area contributed by atoms with Gasteiger partial charge in [0.05, 0.1) is 15.0 Å². The first-order chi connectivity index (χ1) is 17.7. The Kier molecular flexibility index (Phi) is 7.81. The maximum Gasteiger partial charge on any atom is 0.405 e. The highest BCUT2D eigenvalue weighted by Crippen LogP contribution is 2.35. The van der Waals surface area contributed by atoms with Crippen LogP contribution in [-0.4, -0.2) is 44.4 Å². The maximum atomic E-state index is 13.1. The summed E-state index contributed by atoms with van der Waals surface area (Å²) in [5.41, 5.74) is 0.858. The Hall–Kier alpha value is -3.04. The number of carbonyl (C=O) groups excluding carboxylic acids is 2. The van der Waals surface area contributed by atoms with E-state index in [4.69, 9.17) is 23.2 Å². The van der Waals surface area contributed by atoms with Crippen LogP contribution in [-0.2, 0) is 16.4 Å². The van der Waals surface area contributed by atoms with E-state index in [0.717, 1.165) is 16.2 Å². The molecule has 9 nitrogen and oxygen atoms in total. The molecule has 1 aromatic heterocycles. The van der Waals surface area contributed by atoms with E-state index in [9.17, 15) is 36.3 Å². The predicted octanol–water partition coefficient (Wildman–Crippen LogP) is 5.06. The second-order valence-corrected chi connectivity index (χ2v) is 12.0. The van der Waals surface area contributed by atoms with Crippen LogP contribution < -0.4 is 20.3 Å². The highest BCUT2D eigenvalue weighted by molar-refractivity contribution is 7.92. The third kappa shape index (κ3) is 6.32. The van der Waals surface area contributed by atoms with Gasteiger partial charge in [-0.2, -0.15) is 13.2 Å². The summed E-state index contributed by atoms with van der Waals surface area (Å²) in [5, 5.41) is 15.2. The van der Waals surface area contributed by atoms with E-state index in [1.54, 1.807) is 0 Å². The first-order valence-corrected chi connectivity index (χ1v) is 13.6. The lowest BCUT2D eigenvalue weighted by molar-refractivity contribution is -0.115. The fourth-order valence-electron chi connectivity index (χ4n) is 3.66. The van der Waals surface area contributed by atoms with Gasteiger partial charge in [0.25, 0.3) is 15.9 Å². The summed E-state index contributed by atoms with van der Waals surface area (Å²) < 4.78 is 63.9. The minimum Gasteiger partial charge on any atom is -0.376 e. The third-order valence-electron chi connectivity index (χ3n) is 5.25. The van der Waals surface area contributed by atoms with Gasteiger partial charge in [-0.1, -0.05) is 23.2 Å². The largest absolute Gasteiger partial charge is 0.405 e. The van der Waals surface area contributed by atoms with Gasteiger partial charge >= 0.3 is 12.2 Å². The molecule has 4 N–H and O–H groups in total. The molecule has 0 bridgehead atoms. The number of urea groups is 1. The molecule has 1 atom stereocenters. The minimum atomic E-state index is -4.42. The smallest absolute Gasteiger partial charge is 0.376 e. The van der Waals surface area contributed by atoms with E-state index in [-0.39, 0.29) is 42.6 Å². The zero-order valence-corrected chi connectivity index (χ0v) is 22.0. The monoisotopic (exact) mass is 608 g/mol. The van der Waals surface area contributed by atoms with Crippen LogP contribution in [0.4, 0.5) is 35.0 Å². The van der Waals surface area contributed by atoms with Crippen LogP contribution >= 0.6 is 34.5 Å². The number of aliphatic hydroxyl groups is 1. The summed E-state index contributed by atoms with van der Waals surface area (Å²) in [6.07, 6.45) is -5.88. The summed E-state index contributed by atoms with van der Waals surface area (Å²) in [5.74, 6) is -0.637. The van der Waals surface area contributed by atoms with Gasteiger partial charge in [0, 0.05) is 23.4 Å². The van der Waals surface area contributed by atoms with Gasteiger partial charge in [-0.25, -0.2) is 17.9 Å². The highest BCUT2D eigenvalue weighted by atomic mass is 35.5. The van der Waals surface area contributed by atoms with Gasteiger partial charge in [0.1, 0.15) is 17.0 Å². The van der Waals surface area contributed by atoms with Gasteiger partial charge in [-0.3, -0.25) is 9.69 Å². The molecule has 202 valence electrons. The fourth-order valence-corrected chi connectivity index (χ4v) is 6.32. The number of amides is 3. The predicted molar refractivity (Wildman–Crippen MR) is 138 cm³/mol. The fraction of sp³-hybridized carbons (Fsp3) is 0.182. The second-order valence-electron chi connectivity index (χ2n) is 7.98. The first kappa shape index (κ1) is 28.0. The van der Waals surface area contributed by atoms with Crippen molar-refractivity contribution in [3.05, 3.63) is 69.0 Å². The summed E-state index contributed by atoms with van der Waals surface area (Å²) in [6.45, 7) is -1.25. The van der Waals surface area contributed by atoms with Crippen LogP contribution in [0.15, 0.2) is 52.7 Å². The Morgan fingerprint density at radius 3 is 2.45 bits per heavy atom. The number of hydrogen-bond donors (Lipinski definition) is 4. The molecule has 16 heteroatoms. The molecule has 0 spiro atoms. The lowest BCUT2D eigenvalue weighted by atomic mass is 9.96. The summed E-state index contributed by atoms with van der Waals surface area (Å²) >= 11 is 12.8.